The zero-order chi connectivity index (χ0) is 13.0. The van der Waals surface area contributed by atoms with Crippen molar-refractivity contribution in [1.29, 1.82) is 0 Å². The molecule has 0 amide bonds. The summed E-state index contributed by atoms with van der Waals surface area (Å²) in [4.78, 5) is 0.161. The Bertz CT molecular complexity index is 539. The number of sulfonamides is 1. The Morgan fingerprint density at radius 3 is 2.72 bits per heavy atom. The van der Waals surface area contributed by atoms with Crippen LogP contribution in [0.1, 0.15) is 6.42 Å². The highest BCUT2D eigenvalue weighted by molar-refractivity contribution is 7.89. The average molecular weight is 269 g/mol. The van der Waals surface area contributed by atoms with Gasteiger partial charge in [0, 0.05) is 19.0 Å². The summed E-state index contributed by atoms with van der Waals surface area (Å²) < 4.78 is 37.1. The van der Waals surface area contributed by atoms with Crippen LogP contribution in [0.5, 0.6) is 11.5 Å². The Morgan fingerprint density at radius 2 is 2.00 bits per heavy atom. The third kappa shape index (κ3) is 2.83. The van der Waals surface area contributed by atoms with Gasteiger partial charge in [0.1, 0.15) is 0 Å². The first kappa shape index (κ1) is 12.9. The Morgan fingerprint density at radius 1 is 1.28 bits per heavy atom. The van der Waals surface area contributed by atoms with Crippen LogP contribution in [-0.2, 0) is 10.0 Å². The van der Waals surface area contributed by atoms with Crippen LogP contribution >= 0.6 is 0 Å². The molecular formula is C12H15NO4S. The number of fused-ring (bicyclic) bond motifs is 1. The molecule has 1 aromatic rings. The third-order valence-corrected chi connectivity index (χ3v) is 3.87. The SMILES string of the molecule is C=CCNS(=O)(=O)c1ccc2c(c1)OCCCO2. The fourth-order valence-electron chi connectivity index (χ4n) is 1.56. The first-order valence-electron chi connectivity index (χ1n) is 5.64. The van der Waals surface area contributed by atoms with E-state index in [1.165, 1.54) is 18.2 Å². The Balaban J connectivity index is 2.30. The topological polar surface area (TPSA) is 64.6 Å². The molecule has 0 saturated heterocycles. The molecule has 0 spiro atoms. The van der Waals surface area contributed by atoms with Crippen LogP contribution < -0.4 is 14.2 Å². The molecule has 1 N–H and O–H groups in total. The van der Waals surface area contributed by atoms with Crippen LogP contribution in [0, 0.1) is 0 Å². The molecule has 0 saturated carbocycles. The van der Waals surface area contributed by atoms with E-state index < -0.39 is 10.0 Å². The molecular weight excluding hydrogens is 254 g/mol. The van der Waals surface area contributed by atoms with E-state index in [2.05, 4.69) is 11.3 Å². The molecule has 0 radical (unpaired) electrons. The van der Waals surface area contributed by atoms with E-state index in [1.54, 1.807) is 6.07 Å². The summed E-state index contributed by atoms with van der Waals surface area (Å²) in [5, 5.41) is 0. The van der Waals surface area contributed by atoms with Crippen LogP contribution in [0.3, 0.4) is 0 Å². The molecule has 0 atom stereocenters. The highest BCUT2D eigenvalue weighted by Crippen LogP contribution is 2.31. The molecule has 0 bridgehead atoms. The Labute approximate surface area is 106 Å². The van der Waals surface area contributed by atoms with Gasteiger partial charge in [-0.1, -0.05) is 6.08 Å². The molecule has 1 aliphatic rings. The first-order valence-corrected chi connectivity index (χ1v) is 7.12. The lowest BCUT2D eigenvalue weighted by Crippen LogP contribution is -2.23. The van der Waals surface area contributed by atoms with Gasteiger partial charge in [-0.05, 0) is 12.1 Å². The average Bonchev–Trinajstić information content (AvgIpc) is 2.60. The van der Waals surface area contributed by atoms with Gasteiger partial charge in [0.2, 0.25) is 10.0 Å². The normalized spacial score (nSPS) is 14.9. The number of hydrogen-bond donors (Lipinski definition) is 1. The zero-order valence-corrected chi connectivity index (χ0v) is 10.7. The fourth-order valence-corrected chi connectivity index (χ4v) is 2.58. The molecule has 0 aliphatic carbocycles. The van der Waals surface area contributed by atoms with Crippen molar-refractivity contribution in [3.63, 3.8) is 0 Å². The van der Waals surface area contributed by atoms with Crippen molar-refractivity contribution in [2.75, 3.05) is 19.8 Å². The first-order chi connectivity index (χ1) is 8.63. The van der Waals surface area contributed by atoms with Crippen molar-refractivity contribution in [2.24, 2.45) is 0 Å². The quantitative estimate of drug-likeness (QED) is 0.837. The summed E-state index contributed by atoms with van der Waals surface area (Å²) >= 11 is 0. The second-order valence-electron chi connectivity index (χ2n) is 3.80. The second kappa shape index (κ2) is 5.41. The summed E-state index contributed by atoms with van der Waals surface area (Å²) in [6.07, 6.45) is 2.27. The number of benzene rings is 1. The molecule has 98 valence electrons. The number of rotatable bonds is 4. The predicted molar refractivity (Wildman–Crippen MR) is 67.4 cm³/mol. The largest absolute Gasteiger partial charge is 0.490 e. The monoisotopic (exact) mass is 269 g/mol. The zero-order valence-electron chi connectivity index (χ0n) is 9.89. The van der Waals surface area contributed by atoms with Gasteiger partial charge in [-0.15, -0.1) is 6.58 Å². The number of hydrogen-bond acceptors (Lipinski definition) is 4. The van der Waals surface area contributed by atoms with Crippen molar-refractivity contribution in [3.05, 3.63) is 30.9 Å². The van der Waals surface area contributed by atoms with Gasteiger partial charge in [0.25, 0.3) is 0 Å². The predicted octanol–water partition coefficient (Wildman–Crippen LogP) is 1.31. The Hall–Kier alpha value is -1.53. The van der Waals surface area contributed by atoms with Crippen molar-refractivity contribution >= 4 is 10.0 Å². The van der Waals surface area contributed by atoms with Crippen LogP contribution in [0.15, 0.2) is 35.7 Å². The molecule has 0 aromatic heterocycles. The minimum Gasteiger partial charge on any atom is -0.490 e. The second-order valence-corrected chi connectivity index (χ2v) is 5.57. The molecule has 0 fully saturated rings. The maximum Gasteiger partial charge on any atom is 0.240 e. The van der Waals surface area contributed by atoms with Crippen LogP contribution in [-0.4, -0.2) is 28.2 Å². The van der Waals surface area contributed by atoms with Crippen LogP contribution in [0.2, 0.25) is 0 Å². The minimum absolute atomic E-state index is 0.161. The van der Waals surface area contributed by atoms with Gasteiger partial charge >= 0.3 is 0 Å². The van der Waals surface area contributed by atoms with E-state index in [1.807, 2.05) is 0 Å². The summed E-state index contributed by atoms with van der Waals surface area (Å²) in [6, 6.07) is 4.59. The van der Waals surface area contributed by atoms with Gasteiger partial charge in [-0.2, -0.15) is 0 Å². The van der Waals surface area contributed by atoms with E-state index in [4.69, 9.17) is 9.47 Å². The van der Waals surface area contributed by atoms with Crippen LogP contribution in [0.25, 0.3) is 0 Å². The van der Waals surface area contributed by atoms with Crippen LogP contribution in [0.4, 0.5) is 0 Å². The van der Waals surface area contributed by atoms with Crippen molar-refractivity contribution < 1.29 is 17.9 Å². The molecule has 1 heterocycles. The molecule has 6 heteroatoms. The van der Waals surface area contributed by atoms with E-state index in [0.29, 0.717) is 24.7 Å². The molecule has 18 heavy (non-hydrogen) atoms. The lowest BCUT2D eigenvalue weighted by Gasteiger charge is -2.10. The van der Waals surface area contributed by atoms with E-state index >= 15 is 0 Å². The highest BCUT2D eigenvalue weighted by Gasteiger charge is 2.17. The number of nitrogens with one attached hydrogen (secondary N) is 1. The maximum absolute atomic E-state index is 11.9. The van der Waals surface area contributed by atoms with E-state index in [-0.39, 0.29) is 11.4 Å². The van der Waals surface area contributed by atoms with Crippen molar-refractivity contribution in [3.8, 4) is 11.5 Å². The molecule has 1 aliphatic heterocycles. The van der Waals surface area contributed by atoms with Gasteiger partial charge in [0.05, 0.1) is 18.1 Å². The molecule has 5 nitrogen and oxygen atoms in total. The summed E-state index contributed by atoms with van der Waals surface area (Å²) in [5.41, 5.74) is 0. The lowest BCUT2D eigenvalue weighted by atomic mass is 10.3. The van der Waals surface area contributed by atoms with Gasteiger partial charge in [-0.25, -0.2) is 13.1 Å². The van der Waals surface area contributed by atoms with E-state index in [0.717, 1.165) is 6.42 Å². The Kier molecular flexibility index (Phi) is 3.88. The third-order valence-electron chi connectivity index (χ3n) is 2.45. The van der Waals surface area contributed by atoms with Crippen molar-refractivity contribution in [2.45, 2.75) is 11.3 Å². The summed E-state index contributed by atoms with van der Waals surface area (Å²) in [5.74, 6) is 1.05. The van der Waals surface area contributed by atoms with Crippen molar-refractivity contribution in [1.82, 2.24) is 4.72 Å². The number of ether oxygens (including phenoxy) is 2. The smallest absolute Gasteiger partial charge is 0.240 e. The fraction of sp³-hybridized carbons (Fsp3) is 0.333. The molecule has 0 unspecified atom stereocenters. The van der Waals surface area contributed by atoms with Gasteiger partial charge < -0.3 is 9.47 Å². The highest BCUT2D eigenvalue weighted by atomic mass is 32.2. The standard InChI is InChI=1S/C12H15NO4S/c1-2-6-13-18(14,15)10-4-5-11-12(9-10)17-8-3-7-16-11/h2,4-5,9,13H,1,3,6-8H2. The summed E-state index contributed by atoms with van der Waals surface area (Å²) in [7, 11) is -3.52. The van der Waals surface area contributed by atoms with Gasteiger partial charge in [-0.3, -0.25) is 0 Å². The molecule has 2 rings (SSSR count). The lowest BCUT2D eigenvalue weighted by molar-refractivity contribution is 0.297. The minimum atomic E-state index is -3.52. The molecule has 1 aromatic carbocycles. The maximum atomic E-state index is 11.9. The summed E-state index contributed by atoms with van der Waals surface area (Å²) in [6.45, 7) is 4.76. The van der Waals surface area contributed by atoms with Gasteiger partial charge in [0.15, 0.2) is 11.5 Å². The van der Waals surface area contributed by atoms with E-state index in [9.17, 15) is 8.42 Å².